The van der Waals surface area contributed by atoms with Crippen molar-refractivity contribution in [2.75, 3.05) is 46.9 Å². The number of morpholine rings is 1. The number of hydrogen-bond acceptors (Lipinski definition) is 5. The molecule has 1 atom stereocenters. The third-order valence-corrected chi connectivity index (χ3v) is 4.46. The average Bonchev–Trinajstić information content (AvgIpc) is 2.89. The van der Waals surface area contributed by atoms with Crippen molar-refractivity contribution in [2.24, 2.45) is 0 Å². The number of nitrogens with zero attached hydrogens (tertiary/aromatic N) is 2. The van der Waals surface area contributed by atoms with Crippen LogP contribution in [0.25, 0.3) is 0 Å². The Kier molecular flexibility index (Phi) is 6.17. The predicted molar refractivity (Wildman–Crippen MR) is 85.6 cm³/mol. The molecule has 1 unspecified atom stereocenters. The van der Waals surface area contributed by atoms with Gasteiger partial charge in [0.25, 0.3) is 5.91 Å². The molecule has 0 aliphatic carbocycles. The van der Waals surface area contributed by atoms with Crippen LogP contribution in [-0.2, 0) is 16.1 Å². The van der Waals surface area contributed by atoms with Crippen molar-refractivity contribution >= 4 is 17.2 Å². The van der Waals surface area contributed by atoms with Crippen LogP contribution in [0.3, 0.4) is 0 Å². The number of aryl methyl sites for hydroxylation is 1. The molecule has 1 aromatic rings. The Balaban J connectivity index is 2.01. The molecule has 1 saturated heterocycles. The number of carbonyl (C=O) groups excluding carboxylic acids is 1. The van der Waals surface area contributed by atoms with Crippen molar-refractivity contribution in [2.45, 2.75) is 19.6 Å². The van der Waals surface area contributed by atoms with Crippen molar-refractivity contribution in [3.8, 4) is 0 Å². The Labute approximate surface area is 130 Å². The van der Waals surface area contributed by atoms with E-state index in [1.165, 1.54) is 9.75 Å². The summed E-state index contributed by atoms with van der Waals surface area (Å²) in [4.78, 5) is 19.2. The number of carbonyl (C=O) groups is 1. The topological polar surface area (TPSA) is 44.8 Å². The van der Waals surface area contributed by atoms with Gasteiger partial charge in [-0.2, -0.15) is 0 Å². The zero-order valence-corrected chi connectivity index (χ0v) is 13.9. The minimum atomic E-state index is -0.345. The summed E-state index contributed by atoms with van der Waals surface area (Å²) in [5.41, 5.74) is 0. The zero-order valence-electron chi connectivity index (χ0n) is 13.1. The third-order valence-electron chi connectivity index (χ3n) is 3.47. The Hall–Kier alpha value is -0.950. The SMILES string of the molecule is Cc1ccc(CN(CCN(C)C)C(=O)C2CNCCO2)s1. The number of thiophene rings is 1. The second-order valence-corrected chi connectivity index (χ2v) is 7.01. The molecular weight excluding hydrogens is 286 g/mol. The smallest absolute Gasteiger partial charge is 0.253 e. The largest absolute Gasteiger partial charge is 0.366 e. The molecule has 1 amide bonds. The quantitative estimate of drug-likeness (QED) is 0.849. The highest BCUT2D eigenvalue weighted by atomic mass is 32.1. The monoisotopic (exact) mass is 311 g/mol. The van der Waals surface area contributed by atoms with Gasteiger partial charge in [-0.05, 0) is 33.2 Å². The maximum Gasteiger partial charge on any atom is 0.253 e. The van der Waals surface area contributed by atoms with Gasteiger partial charge in [-0.25, -0.2) is 0 Å². The third kappa shape index (κ3) is 5.07. The molecule has 0 aromatic carbocycles. The fraction of sp³-hybridized carbons (Fsp3) is 0.667. The first-order valence-corrected chi connectivity index (χ1v) is 8.19. The number of nitrogens with one attached hydrogen (secondary N) is 1. The van der Waals surface area contributed by atoms with Crippen LogP contribution >= 0.6 is 11.3 Å². The Morgan fingerprint density at radius 2 is 2.24 bits per heavy atom. The molecule has 1 fully saturated rings. The molecule has 118 valence electrons. The molecule has 0 spiro atoms. The normalized spacial score (nSPS) is 19.0. The number of hydrogen-bond donors (Lipinski definition) is 1. The molecule has 0 bridgehead atoms. The first kappa shape index (κ1) is 16.4. The van der Waals surface area contributed by atoms with Crippen LogP contribution in [0.4, 0.5) is 0 Å². The fourth-order valence-corrected chi connectivity index (χ4v) is 3.18. The van der Waals surface area contributed by atoms with E-state index in [-0.39, 0.29) is 12.0 Å². The molecule has 21 heavy (non-hydrogen) atoms. The molecule has 2 rings (SSSR count). The number of rotatable bonds is 6. The molecule has 2 heterocycles. The van der Waals surface area contributed by atoms with Gasteiger partial charge in [-0.15, -0.1) is 11.3 Å². The molecular formula is C15H25N3O2S. The number of likely N-dealkylation sites (N-methyl/N-ethyl adjacent to an activating group) is 1. The van der Waals surface area contributed by atoms with Crippen molar-refractivity contribution in [1.29, 1.82) is 0 Å². The maximum absolute atomic E-state index is 12.7. The summed E-state index contributed by atoms with van der Waals surface area (Å²) >= 11 is 1.75. The molecule has 1 aliphatic rings. The minimum absolute atomic E-state index is 0.0927. The molecule has 1 N–H and O–H groups in total. The maximum atomic E-state index is 12.7. The van der Waals surface area contributed by atoms with Gasteiger partial charge in [0, 0.05) is 35.9 Å². The van der Waals surface area contributed by atoms with Gasteiger partial charge >= 0.3 is 0 Å². The lowest BCUT2D eigenvalue weighted by Gasteiger charge is -2.30. The lowest BCUT2D eigenvalue weighted by molar-refractivity contribution is -0.146. The average molecular weight is 311 g/mol. The Morgan fingerprint density at radius 3 is 2.81 bits per heavy atom. The Bertz CT molecular complexity index is 456. The van der Waals surface area contributed by atoms with Crippen molar-refractivity contribution in [3.63, 3.8) is 0 Å². The van der Waals surface area contributed by atoms with Gasteiger partial charge in [0.2, 0.25) is 0 Å². The van der Waals surface area contributed by atoms with Gasteiger partial charge in [-0.1, -0.05) is 0 Å². The minimum Gasteiger partial charge on any atom is -0.366 e. The summed E-state index contributed by atoms with van der Waals surface area (Å²) in [6.07, 6.45) is -0.345. The van der Waals surface area contributed by atoms with Gasteiger partial charge < -0.3 is 19.9 Å². The number of amides is 1. The van der Waals surface area contributed by atoms with E-state index >= 15 is 0 Å². The molecule has 5 nitrogen and oxygen atoms in total. The highest BCUT2D eigenvalue weighted by molar-refractivity contribution is 7.11. The molecule has 1 aliphatic heterocycles. The fourth-order valence-electron chi connectivity index (χ4n) is 2.27. The zero-order chi connectivity index (χ0) is 15.2. The summed E-state index contributed by atoms with van der Waals surface area (Å²) in [6.45, 7) is 6.39. The van der Waals surface area contributed by atoms with Crippen molar-refractivity contribution < 1.29 is 9.53 Å². The standard InChI is InChI=1S/C15H25N3O2S/c1-12-4-5-13(21-12)11-18(8-7-17(2)3)15(19)14-10-16-6-9-20-14/h4-5,14,16H,6-11H2,1-3H3. The summed E-state index contributed by atoms with van der Waals surface area (Å²) < 4.78 is 5.61. The van der Waals surface area contributed by atoms with Crippen LogP contribution in [0.1, 0.15) is 9.75 Å². The highest BCUT2D eigenvalue weighted by Gasteiger charge is 2.27. The van der Waals surface area contributed by atoms with Gasteiger partial charge in [0.05, 0.1) is 13.2 Å². The van der Waals surface area contributed by atoms with Crippen LogP contribution in [0.15, 0.2) is 12.1 Å². The van der Waals surface area contributed by atoms with Gasteiger partial charge in [-0.3, -0.25) is 4.79 Å². The van der Waals surface area contributed by atoms with Crippen LogP contribution < -0.4 is 5.32 Å². The summed E-state index contributed by atoms with van der Waals surface area (Å²) in [7, 11) is 4.05. The van der Waals surface area contributed by atoms with Crippen molar-refractivity contribution in [3.05, 3.63) is 21.9 Å². The van der Waals surface area contributed by atoms with E-state index < -0.39 is 0 Å². The van der Waals surface area contributed by atoms with E-state index in [9.17, 15) is 4.79 Å². The summed E-state index contributed by atoms with van der Waals surface area (Å²) in [5, 5.41) is 3.22. The highest BCUT2D eigenvalue weighted by Crippen LogP contribution is 2.18. The second kappa shape index (κ2) is 7.89. The molecule has 1 aromatic heterocycles. The van der Waals surface area contributed by atoms with Crippen LogP contribution in [0.2, 0.25) is 0 Å². The predicted octanol–water partition coefficient (Wildman–Crippen LogP) is 0.935. The first-order valence-electron chi connectivity index (χ1n) is 7.37. The van der Waals surface area contributed by atoms with E-state index in [2.05, 4.69) is 29.3 Å². The molecule has 0 saturated carbocycles. The van der Waals surface area contributed by atoms with Gasteiger partial charge in [0.15, 0.2) is 0 Å². The van der Waals surface area contributed by atoms with Crippen molar-refractivity contribution in [1.82, 2.24) is 15.1 Å². The van der Waals surface area contributed by atoms with Crippen LogP contribution in [0.5, 0.6) is 0 Å². The van der Waals surface area contributed by atoms with E-state index in [1.807, 2.05) is 19.0 Å². The van der Waals surface area contributed by atoms with Crippen LogP contribution in [0, 0.1) is 6.92 Å². The summed E-state index contributed by atoms with van der Waals surface area (Å²) in [6, 6.07) is 4.21. The second-order valence-electron chi connectivity index (χ2n) is 5.64. The van der Waals surface area contributed by atoms with Crippen LogP contribution in [-0.4, -0.2) is 68.7 Å². The molecule has 0 radical (unpaired) electrons. The first-order chi connectivity index (χ1) is 10.1. The molecule has 6 heteroatoms. The Morgan fingerprint density at radius 1 is 1.43 bits per heavy atom. The van der Waals surface area contributed by atoms with Gasteiger partial charge in [0.1, 0.15) is 6.10 Å². The van der Waals surface area contributed by atoms with E-state index in [0.717, 1.165) is 19.6 Å². The lowest BCUT2D eigenvalue weighted by atomic mass is 10.2. The van der Waals surface area contributed by atoms with E-state index in [4.69, 9.17) is 4.74 Å². The summed E-state index contributed by atoms with van der Waals surface area (Å²) in [5.74, 6) is 0.0927. The number of ether oxygens (including phenoxy) is 1. The lowest BCUT2D eigenvalue weighted by Crippen LogP contribution is -2.50. The van der Waals surface area contributed by atoms with E-state index in [0.29, 0.717) is 19.7 Å². The van der Waals surface area contributed by atoms with E-state index in [1.54, 1.807) is 11.3 Å².